The van der Waals surface area contributed by atoms with Crippen molar-refractivity contribution in [3.05, 3.63) is 29.8 Å². The SMILES string of the molecule is COc1ccccc1[C@H](C)NC1CC(=O)N(C)C1=O. The van der Waals surface area contributed by atoms with Crippen LogP contribution >= 0.6 is 0 Å². The molecule has 1 aliphatic heterocycles. The summed E-state index contributed by atoms with van der Waals surface area (Å²) in [5.74, 6) is 0.453. The number of amides is 2. The van der Waals surface area contributed by atoms with Gasteiger partial charge < -0.3 is 4.74 Å². The van der Waals surface area contributed by atoms with Crippen molar-refractivity contribution >= 4 is 11.8 Å². The van der Waals surface area contributed by atoms with Gasteiger partial charge in [0, 0.05) is 18.7 Å². The van der Waals surface area contributed by atoms with Crippen molar-refractivity contribution in [1.29, 1.82) is 0 Å². The van der Waals surface area contributed by atoms with Gasteiger partial charge in [-0.25, -0.2) is 0 Å². The van der Waals surface area contributed by atoms with E-state index in [0.29, 0.717) is 0 Å². The van der Waals surface area contributed by atoms with Crippen LogP contribution in [0.5, 0.6) is 5.75 Å². The third-order valence-electron chi connectivity index (χ3n) is 3.44. The number of nitrogens with one attached hydrogen (secondary N) is 1. The minimum atomic E-state index is -0.447. The Bertz CT molecular complexity index is 501. The van der Waals surface area contributed by atoms with Gasteiger partial charge in [0.1, 0.15) is 5.75 Å². The van der Waals surface area contributed by atoms with E-state index < -0.39 is 6.04 Å². The molecule has 0 aromatic heterocycles. The Morgan fingerprint density at radius 1 is 1.37 bits per heavy atom. The number of likely N-dealkylation sites (N-methyl/N-ethyl adjacent to an activating group) is 1. The second kappa shape index (κ2) is 5.40. The van der Waals surface area contributed by atoms with E-state index in [-0.39, 0.29) is 24.3 Å². The maximum Gasteiger partial charge on any atom is 0.246 e. The van der Waals surface area contributed by atoms with Gasteiger partial charge in [0.2, 0.25) is 11.8 Å². The van der Waals surface area contributed by atoms with Gasteiger partial charge in [0.15, 0.2) is 0 Å². The molecule has 0 radical (unpaired) electrons. The first-order chi connectivity index (χ1) is 9.04. The van der Waals surface area contributed by atoms with Crippen LogP contribution in [0.4, 0.5) is 0 Å². The van der Waals surface area contributed by atoms with Crippen LogP contribution in [0.25, 0.3) is 0 Å². The Hall–Kier alpha value is -1.88. The predicted molar refractivity (Wildman–Crippen MR) is 70.7 cm³/mol. The molecule has 1 aliphatic rings. The van der Waals surface area contributed by atoms with E-state index in [4.69, 9.17) is 4.74 Å². The van der Waals surface area contributed by atoms with Gasteiger partial charge in [-0.3, -0.25) is 19.8 Å². The minimum absolute atomic E-state index is 0.0654. The van der Waals surface area contributed by atoms with Crippen molar-refractivity contribution in [2.75, 3.05) is 14.2 Å². The first-order valence-electron chi connectivity index (χ1n) is 6.24. The number of carbonyl (C=O) groups is 2. The van der Waals surface area contributed by atoms with E-state index in [2.05, 4.69) is 5.32 Å². The van der Waals surface area contributed by atoms with Crippen LogP contribution in [0.3, 0.4) is 0 Å². The number of para-hydroxylation sites is 1. The third-order valence-corrected chi connectivity index (χ3v) is 3.44. The first-order valence-corrected chi connectivity index (χ1v) is 6.24. The highest BCUT2D eigenvalue weighted by Crippen LogP contribution is 2.25. The summed E-state index contributed by atoms with van der Waals surface area (Å²) < 4.78 is 5.30. The van der Waals surface area contributed by atoms with Crippen LogP contribution in [0.1, 0.15) is 24.9 Å². The molecule has 1 aromatic rings. The van der Waals surface area contributed by atoms with Crippen molar-refractivity contribution in [2.45, 2.75) is 25.4 Å². The minimum Gasteiger partial charge on any atom is -0.496 e. The van der Waals surface area contributed by atoms with Crippen LogP contribution in [0, 0.1) is 0 Å². The van der Waals surface area contributed by atoms with Crippen LogP contribution in [0.2, 0.25) is 0 Å². The highest BCUT2D eigenvalue weighted by atomic mass is 16.5. The topological polar surface area (TPSA) is 58.6 Å². The first kappa shape index (κ1) is 13.5. The van der Waals surface area contributed by atoms with Crippen LogP contribution < -0.4 is 10.1 Å². The number of ether oxygens (including phenoxy) is 1. The monoisotopic (exact) mass is 262 g/mol. The number of imide groups is 1. The van der Waals surface area contributed by atoms with Gasteiger partial charge in [-0.05, 0) is 13.0 Å². The van der Waals surface area contributed by atoms with Crippen molar-refractivity contribution < 1.29 is 14.3 Å². The Kier molecular flexibility index (Phi) is 3.85. The highest BCUT2D eigenvalue weighted by molar-refractivity contribution is 6.05. The summed E-state index contributed by atoms with van der Waals surface area (Å²) in [5.41, 5.74) is 0.972. The second-order valence-electron chi connectivity index (χ2n) is 4.68. The maximum atomic E-state index is 11.8. The Labute approximate surface area is 112 Å². The Morgan fingerprint density at radius 2 is 2.05 bits per heavy atom. The quantitative estimate of drug-likeness (QED) is 0.826. The molecule has 1 N–H and O–H groups in total. The molecule has 0 spiro atoms. The van der Waals surface area contributed by atoms with Gasteiger partial charge >= 0.3 is 0 Å². The third kappa shape index (κ3) is 2.61. The Morgan fingerprint density at radius 3 is 2.63 bits per heavy atom. The maximum absolute atomic E-state index is 11.8. The largest absolute Gasteiger partial charge is 0.496 e. The number of hydrogen-bond acceptors (Lipinski definition) is 4. The van der Waals surface area contributed by atoms with E-state index >= 15 is 0 Å². The average Bonchev–Trinajstić information content (AvgIpc) is 2.66. The molecule has 2 atom stereocenters. The summed E-state index contributed by atoms with van der Waals surface area (Å²) in [6.45, 7) is 1.95. The zero-order valence-electron chi connectivity index (χ0n) is 11.3. The summed E-state index contributed by atoms with van der Waals surface area (Å²) in [6, 6.07) is 7.13. The molecule has 5 heteroatoms. The molecule has 102 valence electrons. The second-order valence-corrected chi connectivity index (χ2v) is 4.68. The molecule has 1 fully saturated rings. The number of carbonyl (C=O) groups excluding carboxylic acids is 2. The number of nitrogens with zero attached hydrogens (tertiary/aromatic N) is 1. The fourth-order valence-electron chi connectivity index (χ4n) is 2.30. The smallest absolute Gasteiger partial charge is 0.246 e. The summed E-state index contributed by atoms with van der Waals surface area (Å²) in [5, 5.41) is 3.19. The zero-order valence-corrected chi connectivity index (χ0v) is 11.3. The number of methoxy groups -OCH3 is 1. The van der Waals surface area contributed by atoms with Crippen LogP contribution in [-0.4, -0.2) is 36.9 Å². The molecule has 0 saturated carbocycles. The lowest BCUT2D eigenvalue weighted by Crippen LogP contribution is -2.38. The van der Waals surface area contributed by atoms with E-state index in [9.17, 15) is 9.59 Å². The summed E-state index contributed by atoms with van der Waals surface area (Å²) in [6.07, 6.45) is 0.217. The van der Waals surface area contributed by atoms with Crippen molar-refractivity contribution in [3.63, 3.8) is 0 Å². The average molecular weight is 262 g/mol. The number of likely N-dealkylation sites (tertiary alicyclic amines) is 1. The zero-order chi connectivity index (χ0) is 14.0. The van der Waals surface area contributed by atoms with Gasteiger partial charge in [0.05, 0.1) is 19.6 Å². The lowest BCUT2D eigenvalue weighted by Gasteiger charge is -2.20. The molecule has 1 heterocycles. The van der Waals surface area contributed by atoms with E-state index in [1.807, 2.05) is 31.2 Å². The standard InChI is InChI=1S/C14H18N2O3/c1-9(10-6-4-5-7-12(10)19-3)15-11-8-13(17)16(2)14(11)18/h4-7,9,11,15H,8H2,1-3H3/t9-,11?/m0/s1. The molecule has 0 bridgehead atoms. The van der Waals surface area contributed by atoms with Gasteiger partial charge in [-0.2, -0.15) is 0 Å². The molecule has 2 rings (SSSR count). The van der Waals surface area contributed by atoms with Gasteiger partial charge in [0.25, 0.3) is 0 Å². The van der Waals surface area contributed by atoms with Gasteiger partial charge in [-0.15, -0.1) is 0 Å². The molecule has 0 aliphatic carbocycles. The predicted octanol–water partition coefficient (Wildman–Crippen LogP) is 1.10. The van der Waals surface area contributed by atoms with Crippen molar-refractivity contribution in [3.8, 4) is 5.75 Å². The number of benzene rings is 1. The van der Waals surface area contributed by atoms with E-state index in [1.54, 1.807) is 7.11 Å². The summed E-state index contributed by atoms with van der Waals surface area (Å²) in [7, 11) is 3.13. The molecular formula is C14H18N2O3. The number of rotatable bonds is 4. The molecule has 1 aromatic carbocycles. The fraction of sp³-hybridized carbons (Fsp3) is 0.429. The Balaban J connectivity index is 2.11. The fourth-order valence-corrected chi connectivity index (χ4v) is 2.30. The lowest BCUT2D eigenvalue weighted by molar-refractivity contribution is -0.137. The lowest BCUT2D eigenvalue weighted by atomic mass is 10.1. The molecule has 2 amide bonds. The molecular weight excluding hydrogens is 244 g/mol. The molecule has 1 unspecified atom stereocenters. The molecule has 1 saturated heterocycles. The molecule has 19 heavy (non-hydrogen) atoms. The summed E-state index contributed by atoms with van der Waals surface area (Å²) in [4.78, 5) is 24.5. The molecule has 5 nitrogen and oxygen atoms in total. The summed E-state index contributed by atoms with van der Waals surface area (Å²) >= 11 is 0. The van der Waals surface area contributed by atoms with Gasteiger partial charge in [-0.1, -0.05) is 18.2 Å². The van der Waals surface area contributed by atoms with E-state index in [1.165, 1.54) is 11.9 Å². The van der Waals surface area contributed by atoms with E-state index in [0.717, 1.165) is 11.3 Å². The van der Waals surface area contributed by atoms with Crippen molar-refractivity contribution in [2.24, 2.45) is 0 Å². The van der Waals surface area contributed by atoms with Crippen LogP contribution in [-0.2, 0) is 9.59 Å². The normalized spacial score (nSPS) is 20.8. The highest BCUT2D eigenvalue weighted by Gasteiger charge is 2.36. The van der Waals surface area contributed by atoms with Crippen LogP contribution in [0.15, 0.2) is 24.3 Å². The number of hydrogen-bond donors (Lipinski definition) is 1. The van der Waals surface area contributed by atoms with Crippen molar-refractivity contribution in [1.82, 2.24) is 10.2 Å².